The van der Waals surface area contributed by atoms with E-state index in [-0.39, 0.29) is 13.2 Å². The molecule has 0 saturated carbocycles. The average molecular weight is 194 g/mol. The lowest BCUT2D eigenvalue weighted by molar-refractivity contribution is 0.105. The van der Waals surface area contributed by atoms with Crippen molar-refractivity contribution < 1.29 is 10.2 Å². The molecule has 3 N–H and O–H groups in total. The fourth-order valence-electron chi connectivity index (χ4n) is 0.801. The van der Waals surface area contributed by atoms with E-state index in [1.165, 1.54) is 12.3 Å². The SMILES string of the molecule is N#Cc1cnnc(NCC(O)CO)c1. The van der Waals surface area contributed by atoms with Crippen molar-refractivity contribution in [3.05, 3.63) is 17.8 Å². The summed E-state index contributed by atoms with van der Waals surface area (Å²) in [5, 5.41) is 36.1. The zero-order valence-corrected chi connectivity index (χ0v) is 7.38. The van der Waals surface area contributed by atoms with Gasteiger partial charge in [-0.3, -0.25) is 0 Å². The monoisotopic (exact) mass is 194 g/mol. The molecule has 6 nitrogen and oxygen atoms in total. The van der Waals surface area contributed by atoms with Gasteiger partial charge in [-0.15, -0.1) is 5.10 Å². The number of aliphatic hydroxyl groups is 2. The third-order valence-corrected chi connectivity index (χ3v) is 1.51. The first kappa shape index (κ1) is 10.4. The van der Waals surface area contributed by atoms with Crippen molar-refractivity contribution in [1.82, 2.24) is 10.2 Å². The highest BCUT2D eigenvalue weighted by atomic mass is 16.3. The number of nitriles is 1. The van der Waals surface area contributed by atoms with Gasteiger partial charge in [0, 0.05) is 12.6 Å². The molecule has 0 aliphatic rings. The molecule has 1 aromatic rings. The van der Waals surface area contributed by atoms with Gasteiger partial charge in [0.15, 0.2) is 0 Å². The third-order valence-electron chi connectivity index (χ3n) is 1.51. The van der Waals surface area contributed by atoms with E-state index >= 15 is 0 Å². The molecular weight excluding hydrogens is 184 g/mol. The van der Waals surface area contributed by atoms with E-state index in [9.17, 15) is 0 Å². The molecule has 0 aliphatic heterocycles. The molecule has 0 spiro atoms. The summed E-state index contributed by atoms with van der Waals surface area (Å²) in [6.07, 6.45) is 0.496. The summed E-state index contributed by atoms with van der Waals surface area (Å²) in [6, 6.07) is 3.43. The molecule has 0 saturated heterocycles. The Hall–Kier alpha value is -1.71. The summed E-state index contributed by atoms with van der Waals surface area (Å²) < 4.78 is 0. The maximum atomic E-state index is 9.02. The van der Waals surface area contributed by atoms with Crippen LogP contribution < -0.4 is 5.32 Å². The number of hydrogen-bond acceptors (Lipinski definition) is 6. The van der Waals surface area contributed by atoms with Gasteiger partial charge in [-0.2, -0.15) is 10.4 Å². The zero-order chi connectivity index (χ0) is 10.4. The second-order valence-electron chi connectivity index (χ2n) is 2.66. The van der Waals surface area contributed by atoms with Crippen LogP contribution in [0, 0.1) is 11.3 Å². The quantitative estimate of drug-likeness (QED) is 0.575. The molecule has 6 heteroatoms. The second kappa shape index (κ2) is 5.11. The highest BCUT2D eigenvalue weighted by molar-refractivity contribution is 5.40. The molecule has 74 valence electrons. The number of anilines is 1. The molecule has 0 aromatic carbocycles. The number of nitrogens with zero attached hydrogens (tertiary/aromatic N) is 3. The fraction of sp³-hybridized carbons (Fsp3) is 0.375. The van der Waals surface area contributed by atoms with Gasteiger partial charge in [0.05, 0.1) is 24.5 Å². The Labute approximate surface area is 80.8 Å². The van der Waals surface area contributed by atoms with Gasteiger partial charge >= 0.3 is 0 Å². The van der Waals surface area contributed by atoms with Crippen molar-refractivity contribution in [3.63, 3.8) is 0 Å². The number of aromatic nitrogens is 2. The summed E-state index contributed by atoms with van der Waals surface area (Å²) in [6.45, 7) is -0.154. The van der Waals surface area contributed by atoms with Crippen molar-refractivity contribution in [2.75, 3.05) is 18.5 Å². The Morgan fingerprint density at radius 3 is 3.07 bits per heavy atom. The molecule has 0 aliphatic carbocycles. The van der Waals surface area contributed by atoms with Gasteiger partial charge in [-0.25, -0.2) is 0 Å². The summed E-state index contributed by atoms with van der Waals surface area (Å²) >= 11 is 0. The van der Waals surface area contributed by atoms with E-state index in [2.05, 4.69) is 15.5 Å². The summed E-state index contributed by atoms with van der Waals surface area (Å²) in [5.74, 6) is 0.400. The van der Waals surface area contributed by atoms with Crippen LogP contribution in [0.5, 0.6) is 0 Å². The third kappa shape index (κ3) is 2.97. The lowest BCUT2D eigenvalue weighted by Gasteiger charge is -2.08. The Morgan fingerprint density at radius 1 is 1.64 bits per heavy atom. The Balaban J connectivity index is 2.55. The van der Waals surface area contributed by atoms with E-state index in [0.717, 1.165) is 0 Å². The van der Waals surface area contributed by atoms with Gasteiger partial charge in [0.1, 0.15) is 11.9 Å². The maximum Gasteiger partial charge on any atom is 0.150 e. The summed E-state index contributed by atoms with van der Waals surface area (Å²) in [7, 11) is 0. The van der Waals surface area contributed by atoms with E-state index in [1.54, 1.807) is 0 Å². The smallest absolute Gasteiger partial charge is 0.150 e. The van der Waals surface area contributed by atoms with Crippen LogP contribution >= 0.6 is 0 Å². The molecule has 1 rings (SSSR count). The van der Waals surface area contributed by atoms with E-state index < -0.39 is 6.10 Å². The normalized spacial score (nSPS) is 11.8. The average Bonchev–Trinajstić information content (AvgIpc) is 2.26. The van der Waals surface area contributed by atoms with Crippen LogP contribution in [-0.4, -0.2) is 39.7 Å². The van der Waals surface area contributed by atoms with E-state index in [1.807, 2.05) is 6.07 Å². The predicted octanol–water partition coefficient (Wildman–Crippen LogP) is -0.887. The molecule has 0 bridgehead atoms. The minimum absolute atomic E-state index is 0.167. The van der Waals surface area contributed by atoms with Crippen LogP contribution in [0.25, 0.3) is 0 Å². The topological polar surface area (TPSA) is 102 Å². The lowest BCUT2D eigenvalue weighted by atomic mass is 10.3. The molecule has 14 heavy (non-hydrogen) atoms. The summed E-state index contributed by atoms with van der Waals surface area (Å²) in [5.41, 5.74) is 0.390. The molecule has 1 atom stereocenters. The van der Waals surface area contributed by atoms with Gasteiger partial charge in [-0.1, -0.05) is 0 Å². The Bertz CT molecular complexity index is 336. The van der Waals surface area contributed by atoms with Crippen LogP contribution in [0.1, 0.15) is 5.56 Å². The molecule has 0 amide bonds. The molecule has 0 fully saturated rings. The summed E-state index contributed by atoms with van der Waals surface area (Å²) in [4.78, 5) is 0. The molecule has 1 heterocycles. The first-order valence-corrected chi connectivity index (χ1v) is 4.02. The highest BCUT2D eigenvalue weighted by Crippen LogP contribution is 2.03. The number of aliphatic hydroxyl groups excluding tert-OH is 2. The largest absolute Gasteiger partial charge is 0.394 e. The van der Waals surface area contributed by atoms with Crippen molar-refractivity contribution >= 4 is 5.82 Å². The second-order valence-corrected chi connectivity index (χ2v) is 2.66. The van der Waals surface area contributed by atoms with Crippen LogP contribution in [0.4, 0.5) is 5.82 Å². The highest BCUT2D eigenvalue weighted by Gasteiger charge is 2.02. The first-order valence-electron chi connectivity index (χ1n) is 4.02. The van der Waals surface area contributed by atoms with Crippen molar-refractivity contribution in [3.8, 4) is 6.07 Å². The van der Waals surface area contributed by atoms with Crippen LogP contribution in [0.15, 0.2) is 12.3 Å². The number of rotatable bonds is 4. The minimum Gasteiger partial charge on any atom is -0.394 e. The van der Waals surface area contributed by atoms with E-state index in [4.69, 9.17) is 15.5 Å². The van der Waals surface area contributed by atoms with E-state index in [0.29, 0.717) is 11.4 Å². The van der Waals surface area contributed by atoms with Gasteiger partial charge < -0.3 is 15.5 Å². The standard InChI is InChI=1S/C8H10N4O2/c9-2-6-1-8(12-11-3-6)10-4-7(14)5-13/h1,3,7,13-14H,4-5H2,(H,10,12). The predicted molar refractivity (Wildman–Crippen MR) is 48.3 cm³/mol. The molecule has 1 unspecified atom stereocenters. The molecule has 1 aromatic heterocycles. The van der Waals surface area contributed by atoms with Crippen molar-refractivity contribution in [2.24, 2.45) is 0 Å². The number of nitrogens with one attached hydrogen (secondary N) is 1. The van der Waals surface area contributed by atoms with Crippen molar-refractivity contribution in [1.29, 1.82) is 5.26 Å². The molecular formula is C8H10N4O2. The van der Waals surface area contributed by atoms with Crippen LogP contribution in [0.3, 0.4) is 0 Å². The molecule has 0 radical (unpaired) electrons. The van der Waals surface area contributed by atoms with Crippen LogP contribution in [-0.2, 0) is 0 Å². The lowest BCUT2D eigenvalue weighted by Crippen LogP contribution is -2.23. The van der Waals surface area contributed by atoms with Crippen molar-refractivity contribution in [2.45, 2.75) is 6.10 Å². The number of hydrogen-bond donors (Lipinski definition) is 3. The first-order chi connectivity index (χ1) is 6.76. The maximum absolute atomic E-state index is 9.02. The zero-order valence-electron chi connectivity index (χ0n) is 7.38. The van der Waals surface area contributed by atoms with Gasteiger partial charge in [0.2, 0.25) is 0 Å². The Kier molecular flexibility index (Phi) is 3.79. The van der Waals surface area contributed by atoms with Crippen LogP contribution in [0.2, 0.25) is 0 Å². The van der Waals surface area contributed by atoms with Gasteiger partial charge in [0.25, 0.3) is 0 Å². The fourth-order valence-corrected chi connectivity index (χ4v) is 0.801. The Morgan fingerprint density at radius 2 is 2.43 bits per heavy atom. The minimum atomic E-state index is -0.845. The van der Waals surface area contributed by atoms with Gasteiger partial charge in [-0.05, 0) is 0 Å².